The van der Waals surface area contributed by atoms with E-state index in [1.165, 1.54) is 23.0 Å². The Labute approximate surface area is 157 Å². The first-order valence-electron chi connectivity index (χ1n) is 8.90. The van der Waals surface area contributed by atoms with Crippen molar-refractivity contribution in [1.82, 2.24) is 9.80 Å². The molecule has 2 fully saturated rings. The monoisotopic (exact) mass is 380 g/mol. The third kappa shape index (κ3) is 4.04. The van der Waals surface area contributed by atoms with Crippen molar-refractivity contribution in [3.8, 4) is 11.5 Å². The van der Waals surface area contributed by atoms with Gasteiger partial charge in [-0.2, -0.15) is 23.5 Å². The highest BCUT2D eigenvalue weighted by molar-refractivity contribution is 8.03. The van der Waals surface area contributed by atoms with Gasteiger partial charge in [0.05, 0.1) is 0 Å². The molecule has 7 heteroatoms. The van der Waals surface area contributed by atoms with Gasteiger partial charge in [0.25, 0.3) is 5.91 Å². The summed E-state index contributed by atoms with van der Waals surface area (Å²) in [7, 11) is 0. The van der Waals surface area contributed by atoms with Crippen molar-refractivity contribution in [2.75, 3.05) is 56.0 Å². The molecule has 0 aromatic heterocycles. The highest BCUT2D eigenvalue weighted by Gasteiger charge is 2.26. The van der Waals surface area contributed by atoms with E-state index in [2.05, 4.69) is 28.4 Å². The van der Waals surface area contributed by atoms with Crippen LogP contribution in [0.3, 0.4) is 0 Å². The Hall–Kier alpha value is -1.05. The van der Waals surface area contributed by atoms with Crippen LogP contribution in [0.5, 0.6) is 11.5 Å². The number of benzene rings is 1. The predicted molar refractivity (Wildman–Crippen MR) is 103 cm³/mol. The van der Waals surface area contributed by atoms with Crippen molar-refractivity contribution in [1.29, 1.82) is 0 Å². The van der Waals surface area contributed by atoms with Crippen molar-refractivity contribution in [3.63, 3.8) is 0 Å². The van der Waals surface area contributed by atoms with Crippen molar-refractivity contribution < 1.29 is 14.3 Å². The molecule has 4 rings (SSSR count). The molecule has 3 aliphatic heterocycles. The Bertz CT molecular complexity index is 620. The lowest BCUT2D eigenvalue weighted by atomic mass is 10.1. The van der Waals surface area contributed by atoms with E-state index in [0.29, 0.717) is 17.4 Å². The number of rotatable bonds is 2. The van der Waals surface area contributed by atoms with Crippen LogP contribution in [0.1, 0.15) is 16.8 Å². The fourth-order valence-corrected chi connectivity index (χ4v) is 6.16. The number of ether oxygens (including phenoxy) is 2. The summed E-state index contributed by atoms with van der Waals surface area (Å²) in [5, 5.41) is 0. The van der Waals surface area contributed by atoms with Crippen molar-refractivity contribution in [2.24, 2.45) is 0 Å². The Morgan fingerprint density at radius 2 is 1.80 bits per heavy atom. The molecule has 0 bridgehead atoms. The highest BCUT2D eigenvalue weighted by atomic mass is 32.2. The SMILES string of the molecule is O=C(c1ccc2c(c1)OCO2)N1CCCN(C2CSCCSC2)CC1. The average molecular weight is 381 g/mol. The van der Waals surface area contributed by atoms with Gasteiger partial charge in [0, 0.05) is 60.8 Å². The fraction of sp³-hybridized carbons (Fsp3) is 0.611. The van der Waals surface area contributed by atoms with Gasteiger partial charge >= 0.3 is 0 Å². The molecule has 1 aromatic rings. The van der Waals surface area contributed by atoms with Gasteiger partial charge in [-0.05, 0) is 24.6 Å². The maximum atomic E-state index is 12.9. The molecule has 0 spiro atoms. The number of fused-ring (bicyclic) bond motifs is 1. The van der Waals surface area contributed by atoms with E-state index in [1.54, 1.807) is 0 Å². The molecule has 1 amide bonds. The van der Waals surface area contributed by atoms with Gasteiger partial charge in [-0.1, -0.05) is 0 Å². The van der Waals surface area contributed by atoms with Crippen LogP contribution in [0.25, 0.3) is 0 Å². The predicted octanol–water partition coefficient (Wildman–Crippen LogP) is 2.41. The standard InChI is InChI=1S/C18H24N2O3S2/c21-18(14-2-3-16-17(10-14)23-13-22-16)20-5-1-4-19(6-7-20)15-11-24-8-9-25-12-15/h2-3,10,15H,1,4-9,11-13H2. The number of hydrogen-bond donors (Lipinski definition) is 0. The number of hydrogen-bond acceptors (Lipinski definition) is 6. The molecule has 5 nitrogen and oxygen atoms in total. The second-order valence-electron chi connectivity index (χ2n) is 6.55. The molecule has 0 atom stereocenters. The molecule has 3 aliphatic rings. The summed E-state index contributed by atoms with van der Waals surface area (Å²) in [6.45, 7) is 3.94. The van der Waals surface area contributed by atoms with Crippen LogP contribution in [0.4, 0.5) is 0 Å². The van der Waals surface area contributed by atoms with E-state index in [1.807, 2.05) is 23.1 Å². The van der Waals surface area contributed by atoms with Crippen molar-refractivity contribution >= 4 is 29.4 Å². The lowest BCUT2D eigenvalue weighted by Crippen LogP contribution is -2.42. The number of amides is 1. The number of nitrogens with zero attached hydrogens (tertiary/aromatic N) is 2. The smallest absolute Gasteiger partial charge is 0.254 e. The second kappa shape index (κ2) is 8.10. The summed E-state index contributed by atoms with van der Waals surface area (Å²) in [5.74, 6) is 6.49. The van der Waals surface area contributed by atoms with Crippen LogP contribution in [-0.2, 0) is 0 Å². The molecule has 2 saturated heterocycles. The van der Waals surface area contributed by atoms with Crippen LogP contribution in [0, 0.1) is 0 Å². The van der Waals surface area contributed by atoms with Gasteiger partial charge < -0.3 is 14.4 Å². The van der Waals surface area contributed by atoms with E-state index < -0.39 is 0 Å². The zero-order chi connectivity index (χ0) is 17.1. The third-order valence-corrected chi connectivity index (χ3v) is 7.43. The third-order valence-electron chi connectivity index (χ3n) is 4.95. The van der Waals surface area contributed by atoms with Crippen LogP contribution in [0.15, 0.2) is 18.2 Å². The first-order valence-corrected chi connectivity index (χ1v) is 11.2. The molecule has 25 heavy (non-hydrogen) atoms. The fourth-order valence-electron chi connectivity index (χ4n) is 3.53. The van der Waals surface area contributed by atoms with E-state index in [4.69, 9.17) is 9.47 Å². The number of thioether (sulfide) groups is 2. The maximum Gasteiger partial charge on any atom is 0.254 e. The number of carbonyl (C=O) groups is 1. The average Bonchev–Trinajstić information content (AvgIpc) is 2.82. The molecular formula is C18H24N2O3S2. The minimum atomic E-state index is 0.102. The van der Waals surface area contributed by atoms with Gasteiger partial charge in [0.2, 0.25) is 6.79 Å². The molecule has 0 N–H and O–H groups in total. The summed E-state index contributed by atoms with van der Waals surface area (Å²) >= 11 is 4.14. The van der Waals surface area contributed by atoms with E-state index >= 15 is 0 Å². The topological polar surface area (TPSA) is 42.0 Å². The Balaban J connectivity index is 1.39. The molecule has 3 heterocycles. The second-order valence-corrected chi connectivity index (χ2v) is 8.85. The molecular weight excluding hydrogens is 356 g/mol. The van der Waals surface area contributed by atoms with Crippen LogP contribution < -0.4 is 9.47 Å². The highest BCUT2D eigenvalue weighted by Crippen LogP contribution is 2.33. The van der Waals surface area contributed by atoms with E-state index in [0.717, 1.165) is 38.3 Å². The van der Waals surface area contributed by atoms with Crippen molar-refractivity contribution in [2.45, 2.75) is 12.5 Å². The summed E-state index contributed by atoms with van der Waals surface area (Å²) < 4.78 is 10.7. The van der Waals surface area contributed by atoms with E-state index in [9.17, 15) is 4.79 Å². The van der Waals surface area contributed by atoms with Gasteiger partial charge in [-0.15, -0.1) is 0 Å². The normalized spacial score (nSPS) is 22.5. The first-order chi connectivity index (χ1) is 12.3. The van der Waals surface area contributed by atoms with Gasteiger partial charge in [-0.3, -0.25) is 9.69 Å². The van der Waals surface area contributed by atoms with Crippen LogP contribution >= 0.6 is 23.5 Å². The van der Waals surface area contributed by atoms with Gasteiger partial charge in [0.1, 0.15) is 0 Å². The molecule has 0 radical (unpaired) electrons. The molecule has 1 aromatic carbocycles. The summed E-state index contributed by atoms with van der Waals surface area (Å²) in [4.78, 5) is 17.5. The van der Waals surface area contributed by atoms with Gasteiger partial charge in [-0.25, -0.2) is 0 Å². The summed E-state index contributed by atoms with van der Waals surface area (Å²) in [6, 6.07) is 6.14. The summed E-state index contributed by atoms with van der Waals surface area (Å²) in [6.07, 6.45) is 1.04. The quantitative estimate of drug-likeness (QED) is 0.785. The Morgan fingerprint density at radius 3 is 2.64 bits per heavy atom. The minimum Gasteiger partial charge on any atom is -0.454 e. The van der Waals surface area contributed by atoms with Crippen molar-refractivity contribution in [3.05, 3.63) is 23.8 Å². The van der Waals surface area contributed by atoms with Crippen LogP contribution in [0.2, 0.25) is 0 Å². The zero-order valence-electron chi connectivity index (χ0n) is 14.3. The zero-order valence-corrected chi connectivity index (χ0v) is 15.9. The molecule has 136 valence electrons. The maximum absolute atomic E-state index is 12.9. The van der Waals surface area contributed by atoms with Gasteiger partial charge in [0.15, 0.2) is 11.5 Å². The van der Waals surface area contributed by atoms with Crippen LogP contribution in [-0.4, -0.2) is 77.7 Å². The largest absolute Gasteiger partial charge is 0.454 e. The minimum absolute atomic E-state index is 0.102. The lowest BCUT2D eigenvalue weighted by Gasteiger charge is -2.29. The molecule has 0 saturated carbocycles. The summed E-state index contributed by atoms with van der Waals surface area (Å²) in [5.41, 5.74) is 0.693. The molecule has 0 aliphatic carbocycles. The molecule has 0 unspecified atom stereocenters. The Kier molecular flexibility index (Phi) is 5.63. The number of carbonyl (C=O) groups excluding carboxylic acids is 1. The van der Waals surface area contributed by atoms with E-state index in [-0.39, 0.29) is 12.7 Å². The first kappa shape index (κ1) is 17.4. The Morgan fingerprint density at radius 1 is 1.00 bits per heavy atom. The lowest BCUT2D eigenvalue weighted by molar-refractivity contribution is 0.0759.